The van der Waals surface area contributed by atoms with E-state index in [1.54, 1.807) is 17.0 Å². The van der Waals surface area contributed by atoms with E-state index in [9.17, 15) is 18.0 Å². The molecule has 0 unspecified atom stereocenters. The number of carbonyl (C=O) groups excluding carboxylic acids is 2. The SMILES string of the molecule is Cc1cc(C)cc(N(CCCC(=O)Nc2ccc(N3CCCC3=O)cc2)S(C)(=O)=O)c1. The van der Waals surface area contributed by atoms with Crippen LogP contribution in [0.3, 0.4) is 0 Å². The van der Waals surface area contributed by atoms with Crippen molar-refractivity contribution in [1.29, 1.82) is 0 Å². The van der Waals surface area contributed by atoms with Crippen molar-refractivity contribution in [2.24, 2.45) is 0 Å². The van der Waals surface area contributed by atoms with Gasteiger partial charge in [0.2, 0.25) is 21.8 Å². The molecule has 7 nitrogen and oxygen atoms in total. The molecule has 1 heterocycles. The van der Waals surface area contributed by atoms with Gasteiger partial charge >= 0.3 is 0 Å². The number of hydrogen-bond donors (Lipinski definition) is 1. The van der Waals surface area contributed by atoms with Gasteiger partial charge in [0.25, 0.3) is 0 Å². The van der Waals surface area contributed by atoms with Crippen LogP contribution in [-0.4, -0.2) is 39.6 Å². The maximum atomic E-state index is 12.3. The van der Waals surface area contributed by atoms with E-state index in [-0.39, 0.29) is 24.8 Å². The lowest BCUT2D eigenvalue weighted by molar-refractivity contribution is -0.117. The Morgan fingerprint density at radius 3 is 2.29 bits per heavy atom. The molecular weight excluding hydrogens is 414 g/mol. The smallest absolute Gasteiger partial charge is 0.232 e. The number of hydrogen-bond acceptors (Lipinski definition) is 4. The largest absolute Gasteiger partial charge is 0.326 e. The van der Waals surface area contributed by atoms with E-state index >= 15 is 0 Å². The molecule has 0 bridgehead atoms. The molecule has 31 heavy (non-hydrogen) atoms. The van der Waals surface area contributed by atoms with E-state index in [0.29, 0.717) is 24.2 Å². The molecule has 0 radical (unpaired) electrons. The average Bonchev–Trinajstić information content (AvgIpc) is 3.10. The maximum absolute atomic E-state index is 12.3. The van der Waals surface area contributed by atoms with Gasteiger partial charge in [-0.05, 0) is 74.2 Å². The molecule has 2 aromatic rings. The fourth-order valence-corrected chi connectivity index (χ4v) is 4.78. The van der Waals surface area contributed by atoms with Crippen molar-refractivity contribution in [2.75, 3.05) is 33.9 Å². The van der Waals surface area contributed by atoms with Crippen LogP contribution in [0.1, 0.15) is 36.8 Å². The summed E-state index contributed by atoms with van der Waals surface area (Å²) in [6.07, 6.45) is 3.21. The van der Waals surface area contributed by atoms with Crippen LogP contribution in [0.2, 0.25) is 0 Å². The summed E-state index contributed by atoms with van der Waals surface area (Å²) >= 11 is 0. The Bertz CT molecular complexity index is 1040. The van der Waals surface area contributed by atoms with Crippen LogP contribution in [0, 0.1) is 13.8 Å². The summed E-state index contributed by atoms with van der Waals surface area (Å²) in [6.45, 7) is 4.80. The molecule has 0 aliphatic carbocycles. The van der Waals surface area contributed by atoms with Gasteiger partial charge in [0.15, 0.2) is 0 Å². The highest BCUT2D eigenvalue weighted by atomic mass is 32.2. The normalized spacial score (nSPS) is 14.0. The fourth-order valence-electron chi connectivity index (χ4n) is 3.83. The number of benzene rings is 2. The molecule has 0 aromatic heterocycles. The van der Waals surface area contributed by atoms with E-state index in [2.05, 4.69) is 5.32 Å². The van der Waals surface area contributed by atoms with Crippen molar-refractivity contribution in [3.05, 3.63) is 53.6 Å². The van der Waals surface area contributed by atoms with Crippen LogP contribution in [0.25, 0.3) is 0 Å². The highest BCUT2D eigenvalue weighted by Crippen LogP contribution is 2.24. The number of nitrogens with one attached hydrogen (secondary N) is 1. The minimum atomic E-state index is -3.46. The minimum Gasteiger partial charge on any atom is -0.326 e. The number of sulfonamides is 1. The number of anilines is 3. The first-order valence-corrected chi connectivity index (χ1v) is 12.2. The molecule has 8 heteroatoms. The topological polar surface area (TPSA) is 86.8 Å². The van der Waals surface area contributed by atoms with E-state index in [1.807, 2.05) is 44.2 Å². The molecule has 1 fully saturated rings. The second-order valence-electron chi connectivity index (χ2n) is 8.03. The maximum Gasteiger partial charge on any atom is 0.232 e. The molecule has 1 aliphatic rings. The molecule has 0 atom stereocenters. The molecule has 1 saturated heterocycles. The zero-order chi connectivity index (χ0) is 22.6. The van der Waals surface area contributed by atoms with Crippen molar-refractivity contribution >= 4 is 38.9 Å². The van der Waals surface area contributed by atoms with E-state index < -0.39 is 10.0 Å². The first-order chi connectivity index (χ1) is 14.6. The molecule has 0 spiro atoms. The monoisotopic (exact) mass is 443 g/mol. The summed E-state index contributed by atoms with van der Waals surface area (Å²) in [4.78, 5) is 25.9. The van der Waals surface area contributed by atoms with Crippen molar-refractivity contribution < 1.29 is 18.0 Å². The lowest BCUT2D eigenvalue weighted by atomic mass is 10.1. The molecule has 2 aromatic carbocycles. The summed E-state index contributed by atoms with van der Waals surface area (Å²) < 4.78 is 25.9. The highest BCUT2D eigenvalue weighted by molar-refractivity contribution is 7.92. The third-order valence-electron chi connectivity index (χ3n) is 5.20. The lowest BCUT2D eigenvalue weighted by Gasteiger charge is -2.23. The standard InChI is InChI=1S/C23H29N3O4S/c1-17-14-18(2)16-21(15-17)26(31(3,29)30)13-4-6-22(27)24-19-8-10-20(11-9-19)25-12-5-7-23(25)28/h8-11,14-16H,4-7,12-13H2,1-3H3,(H,24,27). The Kier molecular flexibility index (Phi) is 7.00. The molecule has 1 aliphatic heterocycles. The van der Waals surface area contributed by atoms with Gasteiger partial charge in [-0.15, -0.1) is 0 Å². The summed E-state index contributed by atoms with van der Waals surface area (Å²) in [5.74, 6) is -0.0603. The van der Waals surface area contributed by atoms with Gasteiger partial charge in [-0.25, -0.2) is 8.42 Å². The Hall–Kier alpha value is -2.87. The zero-order valence-corrected chi connectivity index (χ0v) is 19.0. The van der Waals surface area contributed by atoms with Gasteiger partial charge in [0, 0.05) is 37.3 Å². The van der Waals surface area contributed by atoms with Crippen molar-refractivity contribution in [3.8, 4) is 0 Å². The van der Waals surface area contributed by atoms with E-state index in [0.717, 1.165) is 29.8 Å². The third-order valence-corrected chi connectivity index (χ3v) is 6.39. The van der Waals surface area contributed by atoms with Crippen LogP contribution < -0.4 is 14.5 Å². The van der Waals surface area contributed by atoms with Crippen molar-refractivity contribution in [1.82, 2.24) is 0 Å². The fraction of sp³-hybridized carbons (Fsp3) is 0.391. The van der Waals surface area contributed by atoms with Gasteiger partial charge < -0.3 is 10.2 Å². The Labute approximate surface area is 184 Å². The third kappa shape index (κ3) is 6.07. The predicted octanol–water partition coefficient (Wildman–Crippen LogP) is 3.62. The van der Waals surface area contributed by atoms with Crippen LogP contribution in [0.4, 0.5) is 17.1 Å². The summed E-state index contributed by atoms with van der Waals surface area (Å²) in [5.41, 5.74) is 4.07. The number of aryl methyl sites for hydroxylation is 2. The second-order valence-corrected chi connectivity index (χ2v) is 9.94. The first kappa shape index (κ1) is 22.8. The number of nitrogens with zero attached hydrogens (tertiary/aromatic N) is 2. The predicted molar refractivity (Wildman–Crippen MR) is 124 cm³/mol. The minimum absolute atomic E-state index is 0.121. The van der Waals surface area contributed by atoms with Gasteiger partial charge in [0.05, 0.1) is 11.9 Å². The quantitative estimate of drug-likeness (QED) is 0.675. The van der Waals surface area contributed by atoms with Crippen molar-refractivity contribution in [3.63, 3.8) is 0 Å². The van der Waals surface area contributed by atoms with Crippen LogP contribution in [0.5, 0.6) is 0 Å². The molecule has 2 amide bonds. The highest BCUT2D eigenvalue weighted by Gasteiger charge is 2.21. The summed E-state index contributed by atoms with van der Waals surface area (Å²) in [5, 5.41) is 2.83. The number of rotatable bonds is 8. The molecule has 0 saturated carbocycles. The Morgan fingerprint density at radius 2 is 1.74 bits per heavy atom. The van der Waals surface area contributed by atoms with Crippen LogP contribution >= 0.6 is 0 Å². The van der Waals surface area contributed by atoms with Gasteiger partial charge in [0.1, 0.15) is 0 Å². The Morgan fingerprint density at radius 1 is 1.10 bits per heavy atom. The van der Waals surface area contributed by atoms with Gasteiger partial charge in [-0.1, -0.05) is 6.07 Å². The van der Waals surface area contributed by atoms with E-state index in [1.165, 1.54) is 10.6 Å². The van der Waals surface area contributed by atoms with Crippen LogP contribution in [-0.2, 0) is 19.6 Å². The van der Waals surface area contributed by atoms with E-state index in [4.69, 9.17) is 0 Å². The first-order valence-electron chi connectivity index (χ1n) is 10.4. The van der Waals surface area contributed by atoms with Gasteiger partial charge in [-0.2, -0.15) is 0 Å². The number of carbonyl (C=O) groups is 2. The summed E-state index contributed by atoms with van der Waals surface area (Å²) in [7, 11) is -3.46. The van der Waals surface area contributed by atoms with Crippen molar-refractivity contribution in [2.45, 2.75) is 39.5 Å². The summed E-state index contributed by atoms with van der Waals surface area (Å²) in [6, 6.07) is 12.9. The molecule has 166 valence electrons. The average molecular weight is 444 g/mol. The lowest BCUT2D eigenvalue weighted by Crippen LogP contribution is -2.31. The molecule has 3 rings (SSSR count). The van der Waals surface area contributed by atoms with Gasteiger partial charge in [-0.3, -0.25) is 13.9 Å². The zero-order valence-electron chi connectivity index (χ0n) is 18.2. The Balaban J connectivity index is 1.56. The second kappa shape index (κ2) is 9.51. The molecular formula is C23H29N3O4S. The van der Waals surface area contributed by atoms with Crippen LogP contribution in [0.15, 0.2) is 42.5 Å². The molecule has 1 N–H and O–H groups in total. The number of amides is 2.